The molecule has 1 amide bonds. The Morgan fingerprint density at radius 1 is 1.45 bits per heavy atom. The van der Waals surface area contributed by atoms with Crippen molar-refractivity contribution < 1.29 is 9.53 Å². The molecule has 0 spiro atoms. The molecule has 0 unspecified atom stereocenters. The van der Waals surface area contributed by atoms with Crippen molar-refractivity contribution in [1.82, 2.24) is 9.88 Å². The molecule has 1 N–H and O–H groups in total. The summed E-state index contributed by atoms with van der Waals surface area (Å²) in [6, 6.07) is 4.50. The predicted molar refractivity (Wildman–Crippen MR) is 89.3 cm³/mol. The second kappa shape index (κ2) is 7.07. The molecule has 1 aliphatic heterocycles. The average molecular weight is 319 g/mol. The molecule has 0 bridgehead atoms. The van der Waals surface area contributed by atoms with E-state index in [4.69, 9.17) is 4.74 Å². The number of hydrogen-bond donors (Lipinski definition) is 1. The number of pyridine rings is 1. The number of carbonyl (C=O) groups excluding carboxylic acids is 1. The Balaban J connectivity index is 1.56. The second-order valence-corrected chi connectivity index (χ2v) is 6.45. The summed E-state index contributed by atoms with van der Waals surface area (Å²) >= 11 is 1.71. The molecular weight excluding hydrogens is 298 g/mol. The fourth-order valence-electron chi connectivity index (χ4n) is 2.83. The Bertz CT molecular complexity index is 635. The molecule has 0 saturated carbocycles. The monoisotopic (exact) mass is 319 g/mol. The number of anilines is 1. The lowest BCUT2D eigenvalue weighted by Gasteiger charge is -2.33. The van der Waals surface area contributed by atoms with E-state index in [0.717, 1.165) is 37.1 Å². The summed E-state index contributed by atoms with van der Waals surface area (Å²) in [6.45, 7) is 2.14. The van der Waals surface area contributed by atoms with Crippen molar-refractivity contribution in [3.8, 4) is 0 Å². The number of fused-ring (bicyclic) bond motifs is 1. The van der Waals surface area contributed by atoms with Gasteiger partial charge in [0.15, 0.2) is 0 Å². The lowest BCUT2D eigenvalue weighted by atomic mass is 10.0. The third kappa shape index (κ3) is 3.39. The van der Waals surface area contributed by atoms with Crippen molar-refractivity contribution in [3.63, 3.8) is 0 Å². The van der Waals surface area contributed by atoms with Crippen molar-refractivity contribution in [2.24, 2.45) is 0 Å². The summed E-state index contributed by atoms with van der Waals surface area (Å²) in [4.78, 5) is 18.3. The highest BCUT2D eigenvalue weighted by Gasteiger charge is 2.22. The highest BCUT2D eigenvalue weighted by molar-refractivity contribution is 7.17. The molecular formula is C16H21N3O2S. The van der Waals surface area contributed by atoms with Crippen LogP contribution in [0.2, 0.25) is 0 Å². The minimum Gasteiger partial charge on any atom is -0.384 e. The van der Waals surface area contributed by atoms with Crippen molar-refractivity contribution in [3.05, 3.63) is 23.7 Å². The molecule has 5 nitrogen and oxygen atoms in total. The number of aromatic nitrogens is 1. The molecule has 1 aliphatic rings. The molecule has 2 aromatic rings. The largest absolute Gasteiger partial charge is 0.384 e. The Morgan fingerprint density at radius 2 is 2.27 bits per heavy atom. The summed E-state index contributed by atoms with van der Waals surface area (Å²) in [5.41, 5.74) is 2.20. The fraction of sp³-hybridized carbons (Fsp3) is 0.500. The van der Waals surface area contributed by atoms with Crippen LogP contribution in [0.15, 0.2) is 23.7 Å². The number of hydrogen-bond acceptors (Lipinski definition) is 5. The van der Waals surface area contributed by atoms with Crippen LogP contribution in [0.4, 0.5) is 5.69 Å². The molecule has 0 radical (unpaired) electrons. The number of ether oxygens (including phenoxy) is 1. The summed E-state index contributed by atoms with van der Waals surface area (Å²) in [6.07, 6.45) is 4.29. The third-order valence-electron chi connectivity index (χ3n) is 4.07. The van der Waals surface area contributed by atoms with E-state index in [1.165, 1.54) is 4.70 Å². The van der Waals surface area contributed by atoms with Gasteiger partial charge in [0.2, 0.25) is 5.91 Å². The number of methoxy groups -OCH3 is 1. The number of likely N-dealkylation sites (tertiary alicyclic amines) is 1. The van der Waals surface area contributed by atoms with Crippen molar-refractivity contribution >= 4 is 33.1 Å². The number of piperidine rings is 1. The number of carbonyl (C=O) groups is 1. The van der Waals surface area contributed by atoms with E-state index in [1.807, 2.05) is 23.2 Å². The summed E-state index contributed by atoms with van der Waals surface area (Å²) in [5, 5.41) is 5.69. The number of nitrogens with one attached hydrogen (secondary N) is 1. The van der Waals surface area contributed by atoms with E-state index >= 15 is 0 Å². The molecule has 2 aromatic heterocycles. The van der Waals surface area contributed by atoms with E-state index in [9.17, 15) is 4.79 Å². The smallest absolute Gasteiger partial charge is 0.224 e. The lowest BCUT2D eigenvalue weighted by molar-refractivity contribution is -0.133. The van der Waals surface area contributed by atoms with E-state index in [0.29, 0.717) is 19.1 Å². The molecule has 1 fully saturated rings. The van der Waals surface area contributed by atoms with Crippen LogP contribution in [0.3, 0.4) is 0 Å². The molecule has 0 atom stereocenters. The van der Waals surface area contributed by atoms with E-state index < -0.39 is 0 Å². The van der Waals surface area contributed by atoms with Crippen LogP contribution < -0.4 is 5.32 Å². The van der Waals surface area contributed by atoms with Crippen LogP contribution in [0.5, 0.6) is 0 Å². The topological polar surface area (TPSA) is 54.5 Å². The number of nitrogens with zero attached hydrogens (tertiary/aromatic N) is 2. The Labute approximate surface area is 134 Å². The van der Waals surface area contributed by atoms with Crippen molar-refractivity contribution in [2.45, 2.75) is 25.3 Å². The molecule has 118 valence electrons. The van der Waals surface area contributed by atoms with Crippen LogP contribution in [-0.4, -0.2) is 48.6 Å². The van der Waals surface area contributed by atoms with E-state index in [2.05, 4.69) is 15.7 Å². The maximum absolute atomic E-state index is 12.0. The zero-order valence-corrected chi connectivity index (χ0v) is 13.6. The quantitative estimate of drug-likeness (QED) is 0.921. The van der Waals surface area contributed by atoms with E-state index in [1.54, 1.807) is 18.4 Å². The van der Waals surface area contributed by atoms with Gasteiger partial charge in [-0.05, 0) is 30.4 Å². The van der Waals surface area contributed by atoms with Crippen molar-refractivity contribution in [1.29, 1.82) is 0 Å². The van der Waals surface area contributed by atoms with Gasteiger partial charge >= 0.3 is 0 Å². The van der Waals surface area contributed by atoms with Gasteiger partial charge in [-0.3, -0.25) is 9.78 Å². The molecule has 3 heterocycles. The van der Waals surface area contributed by atoms with Gasteiger partial charge in [0.05, 0.1) is 28.9 Å². The normalized spacial score (nSPS) is 16.1. The number of amides is 1. The SMILES string of the molecule is COCCC(=O)N1CCC(Nc2ccnc3ccsc23)CC1. The van der Waals surface area contributed by atoms with Gasteiger partial charge in [0.25, 0.3) is 0 Å². The minimum absolute atomic E-state index is 0.199. The molecule has 1 saturated heterocycles. The summed E-state index contributed by atoms with van der Waals surface area (Å²) in [5.74, 6) is 0.199. The Hall–Kier alpha value is -1.66. The van der Waals surface area contributed by atoms with Gasteiger partial charge in [0, 0.05) is 32.4 Å². The molecule has 0 aromatic carbocycles. The van der Waals surface area contributed by atoms with Gasteiger partial charge in [0.1, 0.15) is 0 Å². The van der Waals surface area contributed by atoms with Gasteiger partial charge in [-0.1, -0.05) is 0 Å². The Morgan fingerprint density at radius 3 is 3.05 bits per heavy atom. The first kappa shape index (κ1) is 15.2. The van der Waals surface area contributed by atoms with Crippen LogP contribution in [0.1, 0.15) is 19.3 Å². The molecule has 6 heteroatoms. The van der Waals surface area contributed by atoms with Crippen LogP contribution >= 0.6 is 11.3 Å². The predicted octanol–water partition coefficient (Wildman–Crippen LogP) is 2.74. The maximum Gasteiger partial charge on any atom is 0.224 e. The van der Waals surface area contributed by atoms with Crippen molar-refractivity contribution in [2.75, 3.05) is 32.1 Å². The zero-order chi connectivity index (χ0) is 15.4. The number of rotatable bonds is 5. The van der Waals surface area contributed by atoms with Gasteiger partial charge in [-0.15, -0.1) is 11.3 Å². The molecule has 0 aliphatic carbocycles. The summed E-state index contributed by atoms with van der Waals surface area (Å²) < 4.78 is 6.18. The van der Waals surface area contributed by atoms with Crippen LogP contribution in [0, 0.1) is 0 Å². The first-order valence-electron chi connectivity index (χ1n) is 7.63. The maximum atomic E-state index is 12.0. The number of thiophene rings is 1. The minimum atomic E-state index is 0.199. The van der Waals surface area contributed by atoms with Gasteiger partial charge in [-0.25, -0.2) is 0 Å². The second-order valence-electron chi connectivity index (χ2n) is 5.54. The zero-order valence-electron chi connectivity index (χ0n) is 12.7. The van der Waals surface area contributed by atoms with Crippen LogP contribution in [-0.2, 0) is 9.53 Å². The van der Waals surface area contributed by atoms with Gasteiger partial charge < -0.3 is 15.0 Å². The standard InChI is InChI=1S/C16H21N3O2S/c1-21-10-5-15(20)19-8-3-12(4-9-19)18-14-2-7-17-13-6-11-22-16(13)14/h2,6-7,11-12H,3-5,8-10H2,1H3,(H,17,18). The van der Waals surface area contributed by atoms with Crippen LogP contribution in [0.25, 0.3) is 10.2 Å². The first-order chi connectivity index (χ1) is 10.8. The highest BCUT2D eigenvalue weighted by Crippen LogP contribution is 2.28. The lowest BCUT2D eigenvalue weighted by Crippen LogP contribution is -2.42. The molecule has 3 rings (SSSR count). The van der Waals surface area contributed by atoms with Gasteiger partial charge in [-0.2, -0.15) is 0 Å². The molecule has 22 heavy (non-hydrogen) atoms. The third-order valence-corrected chi connectivity index (χ3v) is 5.01. The van der Waals surface area contributed by atoms with E-state index in [-0.39, 0.29) is 5.91 Å². The average Bonchev–Trinajstić information content (AvgIpc) is 3.03. The Kier molecular flexibility index (Phi) is 4.90. The fourth-order valence-corrected chi connectivity index (χ4v) is 3.66. The summed E-state index contributed by atoms with van der Waals surface area (Å²) in [7, 11) is 1.63. The highest BCUT2D eigenvalue weighted by atomic mass is 32.1. The first-order valence-corrected chi connectivity index (χ1v) is 8.51.